The van der Waals surface area contributed by atoms with Crippen molar-refractivity contribution in [1.29, 1.82) is 0 Å². The van der Waals surface area contributed by atoms with E-state index in [1.165, 1.54) is 0 Å². The maximum absolute atomic E-state index is 12.1. The standard InChI is InChI=1S/C12H18N4O3S2.ClH/c1-8(13-3)7-10-14-12(19-15-10)9(2)16-21(17,18)11-5-4-6-20-11;/h4-6,8-9,13,16H,7H2,1-3H3;1H. The summed E-state index contributed by atoms with van der Waals surface area (Å²) in [5.41, 5.74) is 0. The van der Waals surface area contributed by atoms with Gasteiger partial charge in [-0.3, -0.25) is 0 Å². The molecule has 2 N–H and O–H groups in total. The third-order valence-corrected chi connectivity index (χ3v) is 5.87. The first-order valence-corrected chi connectivity index (χ1v) is 8.84. The van der Waals surface area contributed by atoms with E-state index in [0.29, 0.717) is 12.2 Å². The van der Waals surface area contributed by atoms with Gasteiger partial charge in [-0.1, -0.05) is 11.2 Å². The molecule has 2 aromatic heterocycles. The highest BCUT2D eigenvalue weighted by Crippen LogP contribution is 2.19. The second-order valence-corrected chi connectivity index (χ2v) is 7.61. The van der Waals surface area contributed by atoms with Gasteiger partial charge in [0.2, 0.25) is 5.89 Å². The van der Waals surface area contributed by atoms with Crippen molar-refractivity contribution >= 4 is 33.8 Å². The minimum atomic E-state index is -3.55. The number of thiophene rings is 1. The summed E-state index contributed by atoms with van der Waals surface area (Å²) in [5, 5.41) is 8.65. The molecule has 2 atom stereocenters. The van der Waals surface area contributed by atoms with Crippen molar-refractivity contribution in [1.82, 2.24) is 20.2 Å². The summed E-state index contributed by atoms with van der Waals surface area (Å²) in [4.78, 5) is 4.22. The molecule has 0 aromatic carbocycles. The predicted molar refractivity (Wildman–Crippen MR) is 86.8 cm³/mol. The highest BCUT2D eigenvalue weighted by molar-refractivity contribution is 7.91. The fraction of sp³-hybridized carbons (Fsp3) is 0.500. The van der Waals surface area contributed by atoms with Crippen LogP contribution in [0.25, 0.3) is 0 Å². The van der Waals surface area contributed by atoms with Crippen LogP contribution in [0, 0.1) is 0 Å². The number of hydrogen-bond donors (Lipinski definition) is 2. The van der Waals surface area contributed by atoms with E-state index in [9.17, 15) is 8.42 Å². The zero-order valence-electron chi connectivity index (χ0n) is 12.4. The molecule has 0 spiro atoms. The molecule has 2 heterocycles. The van der Waals surface area contributed by atoms with E-state index < -0.39 is 16.1 Å². The molecule has 0 bridgehead atoms. The summed E-state index contributed by atoms with van der Waals surface area (Å²) in [6.45, 7) is 3.67. The molecule has 2 rings (SSSR count). The van der Waals surface area contributed by atoms with Gasteiger partial charge in [-0.15, -0.1) is 23.7 Å². The van der Waals surface area contributed by atoms with Crippen LogP contribution in [-0.4, -0.2) is 31.6 Å². The molecule has 0 aliphatic carbocycles. The SMILES string of the molecule is CNC(C)Cc1noc(C(C)NS(=O)(=O)c2cccs2)n1.Cl. The second-order valence-electron chi connectivity index (χ2n) is 4.72. The van der Waals surface area contributed by atoms with Crippen molar-refractivity contribution in [2.75, 3.05) is 7.05 Å². The lowest BCUT2D eigenvalue weighted by molar-refractivity contribution is 0.348. The van der Waals surface area contributed by atoms with Gasteiger partial charge < -0.3 is 9.84 Å². The Labute approximate surface area is 140 Å². The number of halogens is 1. The zero-order chi connectivity index (χ0) is 15.5. The third-order valence-electron chi connectivity index (χ3n) is 2.93. The summed E-state index contributed by atoms with van der Waals surface area (Å²) in [5.74, 6) is 0.808. The van der Waals surface area contributed by atoms with Crippen LogP contribution in [0.2, 0.25) is 0 Å². The Kier molecular flexibility index (Phi) is 6.95. The number of rotatable bonds is 7. The lowest BCUT2D eigenvalue weighted by Crippen LogP contribution is -2.26. The monoisotopic (exact) mass is 366 g/mol. The molecule has 0 aliphatic heterocycles. The number of aromatic nitrogens is 2. The molecule has 0 aliphatic rings. The van der Waals surface area contributed by atoms with E-state index in [2.05, 4.69) is 20.2 Å². The Hall–Kier alpha value is -1.00. The van der Waals surface area contributed by atoms with Gasteiger partial charge >= 0.3 is 0 Å². The van der Waals surface area contributed by atoms with Gasteiger partial charge in [0.05, 0.1) is 6.04 Å². The molecule has 2 unspecified atom stereocenters. The average molecular weight is 367 g/mol. The molecule has 0 saturated heterocycles. The van der Waals surface area contributed by atoms with E-state index in [1.54, 1.807) is 24.4 Å². The Balaban J connectivity index is 0.00000242. The normalized spacial score (nSPS) is 14.3. The fourth-order valence-electron chi connectivity index (χ4n) is 1.66. The Bertz CT molecular complexity index is 672. The van der Waals surface area contributed by atoms with E-state index in [-0.39, 0.29) is 28.5 Å². The quantitative estimate of drug-likeness (QED) is 0.774. The number of hydrogen-bond acceptors (Lipinski definition) is 7. The average Bonchev–Trinajstić information content (AvgIpc) is 3.09. The maximum Gasteiger partial charge on any atom is 0.250 e. The van der Waals surface area contributed by atoms with Gasteiger partial charge in [0.25, 0.3) is 10.0 Å². The summed E-state index contributed by atoms with van der Waals surface area (Å²) in [6, 6.07) is 2.87. The van der Waals surface area contributed by atoms with Crippen LogP contribution in [0.1, 0.15) is 31.6 Å². The lowest BCUT2D eigenvalue weighted by Gasteiger charge is -2.08. The molecule has 0 amide bonds. The van der Waals surface area contributed by atoms with Gasteiger partial charge in [0.15, 0.2) is 5.82 Å². The van der Waals surface area contributed by atoms with Crippen molar-refractivity contribution in [3.05, 3.63) is 29.2 Å². The third kappa shape index (κ3) is 4.75. The molecular weight excluding hydrogens is 348 g/mol. The first-order chi connectivity index (χ1) is 9.92. The van der Waals surface area contributed by atoms with Crippen molar-refractivity contribution in [3.63, 3.8) is 0 Å². The molecule has 0 saturated carbocycles. The van der Waals surface area contributed by atoms with E-state index in [1.807, 2.05) is 14.0 Å². The maximum atomic E-state index is 12.1. The van der Waals surface area contributed by atoms with E-state index in [4.69, 9.17) is 4.52 Å². The summed E-state index contributed by atoms with van der Waals surface area (Å²) in [6.07, 6.45) is 0.615. The Morgan fingerprint density at radius 3 is 2.73 bits per heavy atom. The van der Waals surface area contributed by atoms with E-state index >= 15 is 0 Å². The topological polar surface area (TPSA) is 97.1 Å². The van der Waals surface area contributed by atoms with Crippen LogP contribution in [-0.2, 0) is 16.4 Å². The number of nitrogens with one attached hydrogen (secondary N) is 2. The van der Waals surface area contributed by atoms with Crippen LogP contribution in [0.4, 0.5) is 0 Å². The Morgan fingerprint density at radius 2 is 2.14 bits per heavy atom. The molecule has 0 fully saturated rings. The van der Waals surface area contributed by atoms with Crippen LogP contribution in [0.5, 0.6) is 0 Å². The second kappa shape index (κ2) is 8.02. The van der Waals surface area contributed by atoms with Crippen molar-refractivity contribution in [2.45, 2.75) is 36.6 Å². The minimum Gasteiger partial charge on any atom is -0.338 e. The molecule has 2 aromatic rings. The van der Waals surface area contributed by atoms with Crippen LogP contribution in [0.15, 0.2) is 26.2 Å². The fourth-order valence-corrected chi connectivity index (χ4v) is 3.87. The van der Waals surface area contributed by atoms with Gasteiger partial charge in [-0.05, 0) is 32.3 Å². The van der Waals surface area contributed by atoms with Crippen LogP contribution in [0.3, 0.4) is 0 Å². The molecule has 10 heteroatoms. The van der Waals surface area contributed by atoms with Gasteiger partial charge in [0, 0.05) is 12.5 Å². The molecule has 7 nitrogen and oxygen atoms in total. The zero-order valence-corrected chi connectivity index (χ0v) is 14.9. The van der Waals surface area contributed by atoms with Crippen LogP contribution >= 0.6 is 23.7 Å². The number of nitrogens with zero attached hydrogens (tertiary/aromatic N) is 2. The highest BCUT2D eigenvalue weighted by atomic mass is 35.5. The van der Waals surface area contributed by atoms with Gasteiger partial charge in [-0.25, -0.2) is 8.42 Å². The number of likely N-dealkylation sites (N-methyl/N-ethyl adjacent to an activating group) is 1. The minimum absolute atomic E-state index is 0. The van der Waals surface area contributed by atoms with Crippen molar-refractivity contribution < 1.29 is 12.9 Å². The largest absolute Gasteiger partial charge is 0.338 e. The predicted octanol–water partition coefficient (Wildman–Crippen LogP) is 1.74. The van der Waals surface area contributed by atoms with Crippen LogP contribution < -0.4 is 10.0 Å². The molecular formula is C12H19ClN4O3S2. The van der Waals surface area contributed by atoms with Gasteiger partial charge in [0.1, 0.15) is 4.21 Å². The molecule has 124 valence electrons. The summed E-state index contributed by atoms with van der Waals surface area (Å²) >= 11 is 1.16. The number of sulfonamides is 1. The summed E-state index contributed by atoms with van der Waals surface area (Å²) in [7, 11) is -1.70. The first-order valence-electron chi connectivity index (χ1n) is 6.48. The van der Waals surface area contributed by atoms with Crippen molar-refractivity contribution in [3.8, 4) is 0 Å². The van der Waals surface area contributed by atoms with Gasteiger partial charge in [-0.2, -0.15) is 9.71 Å². The molecule has 22 heavy (non-hydrogen) atoms. The Morgan fingerprint density at radius 1 is 1.41 bits per heavy atom. The lowest BCUT2D eigenvalue weighted by atomic mass is 10.2. The van der Waals surface area contributed by atoms with E-state index in [0.717, 1.165) is 11.3 Å². The summed E-state index contributed by atoms with van der Waals surface area (Å²) < 4.78 is 32.1. The molecule has 0 radical (unpaired) electrons. The smallest absolute Gasteiger partial charge is 0.250 e. The first kappa shape index (κ1) is 19.0. The highest BCUT2D eigenvalue weighted by Gasteiger charge is 2.23. The van der Waals surface area contributed by atoms with Crippen molar-refractivity contribution in [2.24, 2.45) is 0 Å².